The Morgan fingerprint density at radius 3 is 2.37 bits per heavy atom. The molecule has 2 N–H and O–H groups in total. The molecular weight excluding hydrogens is 348 g/mol. The zero-order valence-electron chi connectivity index (χ0n) is 15.4. The van der Waals surface area contributed by atoms with Crippen molar-refractivity contribution in [1.29, 1.82) is 0 Å². The Morgan fingerprint density at radius 2 is 1.70 bits per heavy atom. The summed E-state index contributed by atoms with van der Waals surface area (Å²) < 4.78 is 27.3. The first-order chi connectivity index (χ1) is 12.9. The second kappa shape index (κ2) is 8.48. The molecular formula is C21H25F2N3O. The van der Waals surface area contributed by atoms with Gasteiger partial charge in [0.05, 0.1) is 5.69 Å². The number of nitrogens with zero attached hydrogens (tertiary/aromatic N) is 1. The molecule has 0 spiro atoms. The Hall–Kier alpha value is -2.47. The molecule has 1 heterocycles. The molecule has 0 radical (unpaired) electrons. The molecule has 2 aromatic rings. The van der Waals surface area contributed by atoms with Gasteiger partial charge in [0.25, 0.3) is 5.92 Å². The summed E-state index contributed by atoms with van der Waals surface area (Å²) in [7, 11) is 0. The third kappa shape index (κ3) is 5.50. The fourth-order valence-corrected chi connectivity index (χ4v) is 3.40. The Morgan fingerprint density at radius 1 is 1.07 bits per heavy atom. The van der Waals surface area contributed by atoms with Crippen molar-refractivity contribution in [3.63, 3.8) is 0 Å². The van der Waals surface area contributed by atoms with Crippen LogP contribution < -0.4 is 10.6 Å². The lowest BCUT2D eigenvalue weighted by atomic mass is 10.0. The van der Waals surface area contributed by atoms with Gasteiger partial charge >= 0.3 is 6.03 Å². The van der Waals surface area contributed by atoms with Crippen LogP contribution in [-0.2, 0) is 12.5 Å². The number of carbonyl (C=O) groups is 1. The third-order valence-electron chi connectivity index (χ3n) is 4.82. The Kier molecular flexibility index (Phi) is 6.06. The minimum atomic E-state index is -3.01. The monoisotopic (exact) mass is 373 g/mol. The highest BCUT2D eigenvalue weighted by molar-refractivity contribution is 5.90. The van der Waals surface area contributed by atoms with Crippen molar-refractivity contribution in [3.8, 4) is 0 Å². The molecule has 6 heteroatoms. The van der Waals surface area contributed by atoms with Crippen molar-refractivity contribution in [3.05, 3.63) is 65.7 Å². The number of anilines is 1. The van der Waals surface area contributed by atoms with E-state index in [1.54, 1.807) is 6.07 Å². The predicted molar refractivity (Wildman–Crippen MR) is 103 cm³/mol. The molecule has 1 saturated heterocycles. The van der Waals surface area contributed by atoms with E-state index in [4.69, 9.17) is 0 Å². The number of rotatable bonds is 5. The minimum Gasteiger partial charge on any atom is -0.335 e. The molecule has 1 aliphatic rings. The van der Waals surface area contributed by atoms with Crippen LogP contribution in [0.25, 0.3) is 0 Å². The molecule has 0 aromatic heterocycles. The standard InChI is InChI=1S/C21H25F2N3O/c1-21(22,23)18-9-5-6-10-19(18)25-20(27)24-17-11-13-26(14-12-17)15-16-7-3-2-4-8-16/h2-10,17H,11-15H2,1H3,(H2,24,25,27). The van der Waals surface area contributed by atoms with Gasteiger partial charge in [-0.15, -0.1) is 0 Å². The van der Waals surface area contributed by atoms with Crippen molar-refractivity contribution >= 4 is 11.7 Å². The summed E-state index contributed by atoms with van der Waals surface area (Å²) in [4.78, 5) is 14.6. The lowest BCUT2D eigenvalue weighted by molar-refractivity contribution is 0.0183. The van der Waals surface area contributed by atoms with Crippen LogP contribution in [0.5, 0.6) is 0 Å². The highest BCUT2D eigenvalue weighted by Gasteiger charge is 2.28. The summed E-state index contributed by atoms with van der Waals surface area (Å²) in [5.41, 5.74) is 1.24. The average molecular weight is 373 g/mol. The van der Waals surface area contributed by atoms with Crippen LogP contribution in [0, 0.1) is 0 Å². The lowest BCUT2D eigenvalue weighted by Gasteiger charge is -2.32. The summed E-state index contributed by atoms with van der Waals surface area (Å²) in [6.45, 7) is 3.51. The highest BCUT2D eigenvalue weighted by atomic mass is 19.3. The number of alkyl halides is 2. The smallest absolute Gasteiger partial charge is 0.319 e. The largest absolute Gasteiger partial charge is 0.335 e. The number of carbonyl (C=O) groups excluding carboxylic acids is 1. The summed E-state index contributed by atoms with van der Waals surface area (Å²) >= 11 is 0. The van der Waals surface area contributed by atoms with Gasteiger partial charge in [0.1, 0.15) is 0 Å². The maximum atomic E-state index is 13.7. The van der Waals surface area contributed by atoms with Crippen LogP contribution in [0.3, 0.4) is 0 Å². The summed E-state index contributed by atoms with van der Waals surface area (Å²) in [6.07, 6.45) is 1.68. The normalized spacial score (nSPS) is 16.1. The number of para-hydroxylation sites is 1. The first-order valence-corrected chi connectivity index (χ1v) is 9.23. The van der Waals surface area contributed by atoms with Crippen molar-refractivity contribution < 1.29 is 13.6 Å². The highest BCUT2D eigenvalue weighted by Crippen LogP contribution is 2.32. The molecule has 144 valence electrons. The Bertz CT molecular complexity index is 754. The summed E-state index contributed by atoms with van der Waals surface area (Å²) in [5.74, 6) is -3.01. The number of hydrogen-bond acceptors (Lipinski definition) is 2. The van der Waals surface area contributed by atoms with E-state index in [2.05, 4.69) is 27.7 Å². The zero-order chi connectivity index (χ0) is 19.3. The SMILES string of the molecule is CC(F)(F)c1ccccc1NC(=O)NC1CCN(Cc2ccccc2)CC1. The van der Waals surface area contributed by atoms with Crippen LogP contribution in [0.2, 0.25) is 0 Å². The van der Waals surface area contributed by atoms with Gasteiger partial charge in [0.15, 0.2) is 0 Å². The molecule has 0 unspecified atom stereocenters. The first kappa shape index (κ1) is 19.3. The molecule has 4 nitrogen and oxygen atoms in total. The fraction of sp³-hybridized carbons (Fsp3) is 0.381. The van der Waals surface area contributed by atoms with Gasteiger partial charge in [-0.2, -0.15) is 0 Å². The molecule has 0 bridgehead atoms. The number of amides is 2. The fourth-order valence-electron chi connectivity index (χ4n) is 3.40. The number of piperidine rings is 1. The number of urea groups is 1. The topological polar surface area (TPSA) is 44.4 Å². The quantitative estimate of drug-likeness (QED) is 0.805. The number of likely N-dealkylation sites (tertiary alicyclic amines) is 1. The maximum Gasteiger partial charge on any atom is 0.319 e. The Labute approximate surface area is 158 Å². The van der Waals surface area contributed by atoms with E-state index in [1.807, 2.05) is 18.2 Å². The maximum absolute atomic E-state index is 13.7. The number of hydrogen-bond donors (Lipinski definition) is 2. The molecule has 27 heavy (non-hydrogen) atoms. The molecule has 0 atom stereocenters. The van der Waals surface area contributed by atoms with Gasteiger partial charge in [-0.3, -0.25) is 4.90 Å². The van der Waals surface area contributed by atoms with Crippen LogP contribution in [0.1, 0.15) is 30.9 Å². The number of halogens is 2. The average Bonchev–Trinajstić information content (AvgIpc) is 2.64. The summed E-state index contributed by atoms with van der Waals surface area (Å²) in [5, 5.41) is 5.48. The van der Waals surface area contributed by atoms with E-state index in [9.17, 15) is 13.6 Å². The van der Waals surface area contributed by atoms with Crippen LogP contribution in [0.4, 0.5) is 19.3 Å². The van der Waals surface area contributed by atoms with E-state index in [0.29, 0.717) is 0 Å². The van der Waals surface area contributed by atoms with Crippen LogP contribution in [0.15, 0.2) is 54.6 Å². The van der Waals surface area contributed by atoms with Gasteiger partial charge in [0, 0.05) is 38.2 Å². The van der Waals surface area contributed by atoms with Gasteiger partial charge < -0.3 is 10.6 Å². The first-order valence-electron chi connectivity index (χ1n) is 9.23. The molecule has 3 rings (SSSR count). The minimum absolute atomic E-state index is 0.0475. The van der Waals surface area contributed by atoms with Gasteiger partial charge in [-0.25, -0.2) is 13.6 Å². The molecule has 1 aliphatic heterocycles. The summed E-state index contributed by atoms with van der Waals surface area (Å²) in [6, 6.07) is 15.9. The van der Waals surface area contributed by atoms with Crippen molar-refractivity contribution in [2.24, 2.45) is 0 Å². The molecule has 0 aliphatic carbocycles. The van der Waals surface area contributed by atoms with Crippen LogP contribution in [-0.4, -0.2) is 30.1 Å². The van der Waals surface area contributed by atoms with E-state index < -0.39 is 12.0 Å². The molecule has 0 saturated carbocycles. The van der Waals surface area contributed by atoms with E-state index >= 15 is 0 Å². The van der Waals surface area contributed by atoms with Gasteiger partial charge in [-0.1, -0.05) is 48.5 Å². The van der Waals surface area contributed by atoms with Crippen LogP contribution >= 0.6 is 0 Å². The van der Waals surface area contributed by atoms with Gasteiger partial charge in [-0.05, 0) is 24.5 Å². The van der Waals surface area contributed by atoms with E-state index in [-0.39, 0.29) is 17.3 Å². The van der Waals surface area contributed by atoms with E-state index in [1.165, 1.54) is 23.8 Å². The number of nitrogens with one attached hydrogen (secondary N) is 2. The lowest BCUT2D eigenvalue weighted by Crippen LogP contribution is -2.45. The molecule has 1 fully saturated rings. The predicted octanol–water partition coefficient (Wildman–Crippen LogP) is 4.58. The zero-order valence-corrected chi connectivity index (χ0v) is 15.4. The van der Waals surface area contributed by atoms with Crippen molar-refractivity contribution in [2.45, 2.75) is 38.3 Å². The van der Waals surface area contributed by atoms with Crippen molar-refractivity contribution in [1.82, 2.24) is 10.2 Å². The Balaban J connectivity index is 1.49. The van der Waals surface area contributed by atoms with Crippen molar-refractivity contribution in [2.75, 3.05) is 18.4 Å². The van der Waals surface area contributed by atoms with Gasteiger partial charge in [0.2, 0.25) is 0 Å². The third-order valence-corrected chi connectivity index (χ3v) is 4.82. The second-order valence-corrected chi connectivity index (χ2v) is 7.07. The second-order valence-electron chi connectivity index (χ2n) is 7.07. The number of benzene rings is 2. The van der Waals surface area contributed by atoms with E-state index in [0.717, 1.165) is 39.4 Å². The molecule has 2 aromatic carbocycles. The molecule has 2 amide bonds.